The van der Waals surface area contributed by atoms with E-state index in [-0.39, 0.29) is 0 Å². The van der Waals surface area contributed by atoms with Gasteiger partial charge in [0, 0.05) is 34.5 Å². The third-order valence-electron chi connectivity index (χ3n) is 3.22. The summed E-state index contributed by atoms with van der Waals surface area (Å²) >= 11 is 5.17. The van der Waals surface area contributed by atoms with Crippen LogP contribution in [0.15, 0.2) is 16.6 Å². The normalized spacial score (nSPS) is 20.6. The van der Waals surface area contributed by atoms with Crippen molar-refractivity contribution in [1.29, 1.82) is 0 Å². The molecule has 2 N–H and O–H groups in total. The van der Waals surface area contributed by atoms with Crippen LogP contribution in [0.1, 0.15) is 5.56 Å². The molecule has 19 heavy (non-hydrogen) atoms. The van der Waals surface area contributed by atoms with Crippen LogP contribution in [0.2, 0.25) is 0 Å². The lowest BCUT2D eigenvalue weighted by molar-refractivity contribution is 0.584. The number of rotatable bonds is 2. The monoisotopic (exact) mass is 364 g/mol. The van der Waals surface area contributed by atoms with Gasteiger partial charge in [0.1, 0.15) is 5.37 Å². The van der Waals surface area contributed by atoms with E-state index in [9.17, 15) is 8.42 Å². The molecule has 1 aromatic rings. The molecule has 1 aromatic carbocycles. The first-order valence-electron chi connectivity index (χ1n) is 5.89. The van der Waals surface area contributed by atoms with Crippen LogP contribution in [0.5, 0.6) is 0 Å². The molecule has 1 aliphatic heterocycles. The minimum Gasteiger partial charge on any atom is -0.398 e. The molecule has 2 rings (SSSR count). The van der Waals surface area contributed by atoms with Crippen molar-refractivity contribution in [3.05, 3.63) is 22.2 Å². The van der Waals surface area contributed by atoms with Gasteiger partial charge in [-0.3, -0.25) is 0 Å². The molecular weight excluding hydrogens is 348 g/mol. The van der Waals surface area contributed by atoms with Crippen molar-refractivity contribution >= 4 is 48.9 Å². The fourth-order valence-corrected chi connectivity index (χ4v) is 5.53. The number of nitrogen functional groups attached to an aromatic ring is 1. The van der Waals surface area contributed by atoms with E-state index in [1.165, 1.54) is 6.26 Å². The molecule has 0 amide bonds. The van der Waals surface area contributed by atoms with Gasteiger partial charge in [0.2, 0.25) is 0 Å². The molecule has 1 heterocycles. The first kappa shape index (κ1) is 15.0. The van der Waals surface area contributed by atoms with Crippen LogP contribution in [-0.2, 0) is 9.84 Å². The van der Waals surface area contributed by atoms with Gasteiger partial charge in [-0.25, -0.2) is 8.42 Å². The maximum atomic E-state index is 11.9. The summed E-state index contributed by atoms with van der Waals surface area (Å²) in [6.07, 6.45) is 1.30. The quantitative estimate of drug-likeness (QED) is 0.815. The maximum Gasteiger partial charge on any atom is 0.169 e. The van der Waals surface area contributed by atoms with Gasteiger partial charge in [0.05, 0.1) is 5.69 Å². The van der Waals surface area contributed by atoms with E-state index in [0.717, 1.165) is 28.0 Å². The number of aryl methyl sites for hydroxylation is 1. The average molecular weight is 365 g/mol. The smallest absolute Gasteiger partial charge is 0.169 e. The van der Waals surface area contributed by atoms with E-state index in [2.05, 4.69) is 15.9 Å². The van der Waals surface area contributed by atoms with Gasteiger partial charge in [-0.1, -0.05) is 0 Å². The van der Waals surface area contributed by atoms with Crippen molar-refractivity contribution in [2.45, 2.75) is 12.3 Å². The second kappa shape index (κ2) is 5.54. The van der Waals surface area contributed by atoms with Crippen LogP contribution in [0.3, 0.4) is 0 Å². The van der Waals surface area contributed by atoms with E-state index in [0.29, 0.717) is 11.4 Å². The Bertz CT molecular complexity index is 590. The second-order valence-electron chi connectivity index (χ2n) is 4.71. The fraction of sp³-hybridized carbons (Fsp3) is 0.500. The van der Waals surface area contributed by atoms with E-state index in [1.807, 2.05) is 24.0 Å². The summed E-state index contributed by atoms with van der Waals surface area (Å²) in [5.74, 6) is 1.54. The molecule has 1 saturated heterocycles. The molecule has 0 aromatic heterocycles. The zero-order valence-electron chi connectivity index (χ0n) is 10.9. The molecule has 0 radical (unpaired) electrons. The lowest BCUT2D eigenvalue weighted by Crippen LogP contribution is -2.47. The molecule has 0 aliphatic carbocycles. The SMILES string of the molecule is Cc1cc(N2CCSCC2S(C)(=O)=O)c(Br)cc1N. The summed E-state index contributed by atoms with van der Waals surface area (Å²) in [4.78, 5) is 1.96. The van der Waals surface area contributed by atoms with Gasteiger partial charge < -0.3 is 10.6 Å². The molecule has 4 nitrogen and oxygen atoms in total. The minimum absolute atomic E-state index is 0.467. The molecular formula is C12H17BrN2O2S2. The van der Waals surface area contributed by atoms with Gasteiger partial charge in [0.25, 0.3) is 0 Å². The first-order chi connectivity index (χ1) is 8.80. The topological polar surface area (TPSA) is 63.4 Å². The highest BCUT2D eigenvalue weighted by Gasteiger charge is 2.32. The minimum atomic E-state index is -3.11. The van der Waals surface area contributed by atoms with E-state index < -0.39 is 15.2 Å². The number of anilines is 2. The lowest BCUT2D eigenvalue weighted by atomic mass is 10.1. The van der Waals surface area contributed by atoms with Gasteiger partial charge in [-0.2, -0.15) is 11.8 Å². The number of hydrogen-bond acceptors (Lipinski definition) is 5. The Hall–Kier alpha value is -0.400. The predicted molar refractivity (Wildman–Crippen MR) is 86.6 cm³/mol. The summed E-state index contributed by atoms with van der Waals surface area (Å²) < 4.78 is 24.7. The van der Waals surface area contributed by atoms with Gasteiger partial charge >= 0.3 is 0 Å². The van der Waals surface area contributed by atoms with Gasteiger partial charge in [0.15, 0.2) is 9.84 Å². The molecule has 0 saturated carbocycles. The zero-order valence-corrected chi connectivity index (χ0v) is 14.1. The van der Waals surface area contributed by atoms with Gasteiger partial charge in [-0.05, 0) is 40.5 Å². The Morgan fingerprint density at radius 2 is 2.16 bits per heavy atom. The highest BCUT2D eigenvalue weighted by Crippen LogP contribution is 2.35. The maximum absolute atomic E-state index is 11.9. The predicted octanol–water partition coefficient (Wildman–Crippen LogP) is 2.26. The van der Waals surface area contributed by atoms with Gasteiger partial charge in [-0.15, -0.1) is 0 Å². The molecule has 1 unspecified atom stereocenters. The highest BCUT2D eigenvalue weighted by molar-refractivity contribution is 9.10. The van der Waals surface area contributed by atoms with Crippen molar-refractivity contribution < 1.29 is 8.42 Å². The molecule has 1 fully saturated rings. The molecule has 106 valence electrons. The molecule has 0 bridgehead atoms. The van der Waals surface area contributed by atoms with E-state index in [1.54, 1.807) is 11.8 Å². The summed E-state index contributed by atoms with van der Waals surface area (Å²) in [7, 11) is -3.11. The molecule has 0 spiro atoms. The number of thioether (sulfide) groups is 1. The Kier molecular flexibility index (Phi) is 4.37. The summed E-state index contributed by atoms with van der Waals surface area (Å²) in [6.45, 7) is 2.66. The number of hydrogen-bond donors (Lipinski definition) is 1. The number of halogens is 1. The van der Waals surface area contributed by atoms with Crippen LogP contribution < -0.4 is 10.6 Å². The number of sulfone groups is 1. The standard InChI is InChI=1S/C12H17BrN2O2S2/c1-8-5-11(9(13)6-10(8)14)15-3-4-18-7-12(15)19(2,16)17/h5-6,12H,3-4,7,14H2,1-2H3. The molecule has 1 aliphatic rings. The first-order valence-corrected chi connectivity index (χ1v) is 9.80. The summed E-state index contributed by atoms with van der Waals surface area (Å²) in [6, 6.07) is 3.79. The summed E-state index contributed by atoms with van der Waals surface area (Å²) in [5, 5.41) is -0.467. The number of nitrogens with two attached hydrogens (primary N) is 1. The van der Waals surface area contributed by atoms with Crippen molar-refractivity contribution in [2.24, 2.45) is 0 Å². The van der Waals surface area contributed by atoms with Crippen molar-refractivity contribution in [1.82, 2.24) is 0 Å². The van der Waals surface area contributed by atoms with Crippen LogP contribution in [0.4, 0.5) is 11.4 Å². The molecule has 7 heteroatoms. The van der Waals surface area contributed by atoms with Crippen LogP contribution in [0.25, 0.3) is 0 Å². The second-order valence-corrected chi connectivity index (χ2v) is 8.92. The van der Waals surface area contributed by atoms with Crippen LogP contribution in [-0.4, -0.2) is 38.1 Å². The van der Waals surface area contributed by atoms with E-state index >= 15 is 0 Å². The average Bonchev–Trinajstić information content (AvgIpc) is 2.33. The Balaban J connectivity index is 2.46. The highest BCUT2D eigenvalue weighted by atomic mass is 79.9. The third kappa shape index (κ3) is 3.20. The Morgan fingerprint density at radius 1 is 1.47 bits per heavy atom. The van der Waals surface area contributed by atoms with Crippen LogP contribution in [0, 0.1) is 6.92 Å². The van der Waals surface area contributed by atoms with Crippen molar-refractivity contribution in [3.63, 3.8) is 0 Å². The fourth-order valence-electron chi connectivity index (χ4n) is 2.11. The van der Waals surface area contributed by atoms with Crippen LogP contribution >= 0.6 is 27.7 Å². The molecule has 1 atom stereocenters. The Morgan fingerprint density at radius 3 is 2.79 bits per heavy atom. The summed E-state index contributed by atoms with van der Waals surface area (Å²) in [5.41, 5.74) is 8.44. The largest absolute Gasteiger partial charge is 0.398 e. The third-order valence-corrected chi connectivity index (χ3v) is 6.50. The van der Waals surface area contributed by atoms with Crippen molar-refractivity contribution in [2.75, 3.05) is 34.9 Å². The lowest BCUT2D eigenvalue weighted by Gasteiger charge is -2.36. The zero-order chi connectivity index (χ0) is 14.2. The van der Waals surface area contributed by atoms with E-state index in [4.69, 9.17) is 5.73 Å². The number of benzene rings is 1. The van der Waals surface area contributed by atoms with Crippen molar-refractivity contribution in [3.8, 4) is 0 Å². The number of nitrogens with zero attached hydrogens (tertiary/aromatic N) is 1. The Labute approximate surface area is 126 Å².